The van der Waals surface area contributed by atoms with Crippen LogP contribution in [0.25, 0.3) is 0 Å². The van der Waals surface area contributed by atoms with Crippen molar-refractivity contribution in [3.8, 4) is 11.5 Å². The minimum absolute atomic E-state index is 0.0182. The van der Waals surface area contributed by atoms with Gasteiger partial charge in [0.1, 0.15) is 0 Å². The van der Waals surface area contributed by atoms with Gasteiger partial charge in [0.05, 0.1) is 24.7 Å². The van der Waals surface area contributed by atoms with E-state index >= 15 is 0 Å². The van der Waals surface area contributed by atoms with E-state index in [2.05, 4.69) is 15.9 Å². The number of halogens is 1. The first-order valence-corrected chi connectivity index (χ1v) is 9.94. The first kappa shape index (κ1) is 16.6. The van der Waals surface area contributed by atoms with Gasteiger partial charge in [0.2, 0.25) is 0 Å². The molecule has 0 amide bonds. The predicted octanol–water partition coefficient (Wildman–Crippen LogP) is 3.35. The van der Waals surface area contributed by atoms with Crippen molar-refractivity contribution in [2.75, 3.05) is 24.7 Å². The maximum Gasteiger partial charge on any atom is 0.161 e. The van der Waals surface area contributed by atoms with Crippen molar-refractivity contribution < 1.29 is 17.9 Å². The van der Waals surface area contributed by atoms with Crippen molar-refractivity contribution >= 4 is 25.8 Å². The maximum atomic E-state index is 11.6. The Kier molecular flexibility index (Phi) is 5.54. The number of rotatable bonds is 6. The zero-order chi connectivity index (χ0) is 15.5. The summed E-state index contributed by atoms with van der Waals surface area (Å²) in [6, 6.07) is 5.80. The average molecular weight is 377 g/mol. The minimum Gasteiger partial charge on any atom is -0.490 e. The molecular formula is C15H21BrO4S. The lowest BCUT2D eigenvalue weighted by atomic mass is 9.98. The summed E-state index contributed by atoms with van der Waals surface area (Å²) in [4.78, 5) is 0.0182. The molecule has 1 fully saturated rings. The van der Waals surface area contributed by atoms with Crippen LogP contribution in [0.5, 0.6) is 11.5 Å². The number of hydrogen-bond acceptors (Lipinski definition) is 4. The molecule has 0 aromatic heterocycles. The quantitative estimate of drug-likeness (QED) is 0.714. The second-order valence-electron chi connectivity index (χ2n) is 5.14. The minimum atomic E-state index is -2.87. The maximum absolute atomic E-state index is 11.6. The molecular weight excluding hydrogens is 356 g/mol. The Morgan fingerprint density at radius 1 is 1.24 bits per heavy atom. The predicted molar refractivity (Wildman–Crippen MR) is 87.2 cm³/mol. The topological polar surface area (TPSA) is 52.6 Å². The zero-order valence-corrected chi connectivity index (χ0v) is 14.7. The molecule has 1 aromatic rings. The average Bonchev–Trinajstić information content (AvgIpc) is 2.81. The fraction of sp³-hybridized carbons (Fsp3) is 0.600. The van der Waals surface area contributed by atoms with E-state index in [1.165, 1.54) is 0 Å². The molecule has 118 valence electrons. The third-order valence-corrected chi connectivity index (χ3v) is 6.64. The van der Waals surface area contributed by atoms with E-state index in [1.807, 2.05) is 32.0 Å². The van der Waals surface area contributed by atoms with Crippen LogP contribution in [0.4, 0.5) is 0 Å². The van der Waals surface area contributed by atoms with E-state index in [9.17, 15) is 8.42 Å². The fourth-order valence-electron chi connectivity index (χ4n) is 2.57. The number of ether oxygens (including phenoxy) is 2. The highest BCUT2D eigenvalue weighted by Crippen LogP contribution is 2.40. The molecule has 4 nitrogen and oxygen atoms in total. The molecule has 0 bridgehead atoms. The third kappa shape index (κ3) is 4.13. The van der Waals surface area contributed by atoms with E-state index in [0.29, 0.717) is 25.4 Å². The molecule has 6 heteroatoms. The number of benzene rings is 1. The highest BCUT2D eigenvalue weighted by atomic mass is 79.9. The van der Waals surface area contributed by atoms with Crippen LogP contribution in [0.2, 0.25) is 0 Å². The Morgan fingerprint density at radius 2 is 1.90 bits per heavy atom. The van der Waals surface area contributed by atoms with E-state index in [1.54, 1.807) is 0 Å². The van der Waals surface area contributed by atoms with Crippen molar-refractivity contribution in [3.05, 3.63) is 23.8 Å². The molecule has 0 spiro atoms. The summed E-state index contributed by atoms with van der Waals surface area (Å²) in [5, 5.41) is 0. The first-order chi connectivity index (χ1) is 9.96. The lowest BCUT2D eigenvalue weighted by Gasteiger charge is -2.19. The second-order valence-corrected chi connectivity index (χ2v) is 8.35. The molecule has 21 heavy (non-hydrogen) atoms. The Labute approximate surface area is 134 Å². The molecule has 1 saturated heterocycles. The summed E-state index contributed by atoms with van der Waals surface area (Å²) in [5.74, 6) is 2.08. The van der Waals surface area contributed by atoms with E-state index in [0.717, 1.165) is 11.3 Å². The van der Waals surface area contributed by atoms with Crippen LogP contribution in [0.1, 0.15) is 30.7 Å². The Morgan fingerprint density at radius 3 is 2.48 bits per heavy atom. The molecule has 2 unspecified atom stereocenters. The second kappa shape index (κ2) is 7.01. The summed E-state index contributed by atoms with van der Waals surface area (Å²) < 4.78 is 34.4. The molecule has 1 aromatic carbocycles. The van der Waals surface area contributed by atoms with E-state index in [-0.39, 0.29) is 22.3 Å². The smallest absolute Gasteiger partial charge is 0.161 e. The number of hydrogen-bond donors (Lipinski definition) is 0. The van der Waals surface area contributed by atoms with Gasteiger partial charge in [0.15, 0.2) is 21.3 Å². The molecule has 1 heterocycles. The van der Waals surface area contributed by atoms with Crippen molar-refractivity contribution in [1.29, 1.82) is 0 Å². The number of sulfone groups is 1. The fourth-order valence-corrected chi connectivity index (χ4v) is 5.39. The lowest BCUT2D eigenvalue weighted by molar-refractivity contribution is 0.287. The van der Waals surface area contributed by atoms with Crippen LogP contribution < -0.4 is 9.47 Å². The Bertz CT molecular complexity index is 585. The van der Waals surface area contributed by atoms with Crippen LogP contribution in [0, 0.1) is 5.92 Å². The molecule has 0 aliphatic carbocycles. The molecule has 2 rings (SSSR count). The summed E-state index contributed by atoms with van der Waals surface area (Å²) in [6.45, 7) is 5.00. The van der Waals surface area contributed by atoms with Gasteiger partial charge >= 0.3 is 0 Å². The van der Waals surface area contributed by atoms with Crippen LogP contribution in [0.3, 0.4) is 0 Å². The van der Waals surface area contributed by atoms with Gasteiger partial charge in [-0.3, -0.25) is 0 Å². The summed E-state index contributed by atoms with van der Waals surface area (Å²) in [7, 11) is -2.87. The van der Waals surface area contributed by atoms with Gasteiger partial charge in [-0.1, -0.05) is 22.0 Å². The van der Waals surface area contributed by atoms with Gasteiger partial charge in [-0.2, -0.15) is 0 Å². The van der Waals surface area contributed by atoms with Gasteiger partial charge in [-0.25, -0.2) is 8.42 Å². The number of alkyl halides is 1. The van der Waals surface area contributed by atoms with Crippen LogP contribution in [0.15, 0.2) is 18.2 Å². The van der Waals surface area contributed by atoms with Crippen molar-refractivity contribution in [2.24, 2.45) is 5.92 Å². The van der Waals surface area contributed by atoms with Gasteiger partial charge in [0, 0.05) is 4.83 Å². The van der Waals surface area contributed by atoms with E-state index < -0.39 is 9.84 Å². The normalized spacial score (nSPS) is 22.0. The lowest BCUT2D eigenvalue weighted by Crippen LogP contribution is -2.10. The molecule has 0 N–H and O–H groups in total. The summed E-state index contributed by atoms with van der Waals surface area (Å²) in [6.07, 6.45) is 0.704. The van der Waals surface area contributed by atoms with E-state index in [4.69, 9.17) is 9.47 Å². The summed E-state index contributed by atoms with van der Waals surface area (Å²) >= 11 is 3.65. The third-order valence-electron chi connectivity index (χ3n) is 3.57. The molecule has 0 saturated carbocycles. The van der Waals surface area contributed by atoms with Gasteiger partial charge in [-0.05, 0) is 43.9 Å². The monoisotopic (exact) mass is 376 g/mol. The van der Waals surface area contributed by atoms with Gasteiger partial charge < -0.3 is 9.47 Å². The largest absolute Gasteiger partial charge is 0.490 e. The Balaban J connectivity index is 2.21. The highest BCUT2D eigenvalue weighted by Gasteiger charge is 2.33. The van der Waals surface area contributed by atoms with Crippen LogP contribution >= 0.6 is 15.9 Å². The molecule has 0 radical (unpaired) electrons. The highest BCUT2D eigenvalue weighted by molar-refractivity contribution is 9.09. The SMILES string of the molecule is CCOc1ccc(C(Br)C2CCS(=O)(=O)C2)cc1OCC. The standard InChI is InChI=1S/C15H21BrO4S/c1-3-19-13-6-5-11(9-14(13)20-4-2)15(16)12-7-8-21(17,18)10-12/h5-6,9,12,15H,3-4,7-8,10H2,1-2H3. The van der Waals surface area contributed by atoms with Crippen molar-refractivity contribution in [1.82, 2.24) is 0 Å². The van der Waals surface area contributed by atoms with Crippen molar-refractivity contribution in [3.63, 3.8) is 0 Å². The zero-order valence-electron chi connectivity index (χ0n) is 12.3. The molecule has 2 atom stereocenters. The molecule has 1 aliphatic heterocycles. The van der Waals surface area contributed by atoms with Crippen LogP contribution in [-0.2, 0) is 9.84 Å². The Hall–Kier alpha value is -0.750. The van der Waals surface area contributed by atoms with Crippen LogP contribution in [-0.4, -0.2) is 33.1 Å². The van der Waals surface area contributed by atoms with Crippen molar-refractivity contribution in [2.45, 2.75) is 25.1 Å². The van der Waals surface area contributed by atoms with Gasteiger partial charge in [-0.15, -0.1) is 0 Å². The summed E-state index contributed by atoms with van der Waals surface area (Å²) in [5.41, 5.74) is 1.03. The first-order valence-electron chi connectivity index (χ1n) is 7.21. The molecule has 1 aliphatic rings. The van der Waals surface area contributed by atoms with Gasteiger partial charge in [0.25, 0.3) is 0 Å².